The molecule has 0 saturated heterocycles. The van der Waals surface area contributed by atoms with E-state index in [1.165, 1.54) is 36.5 Å². The molecule has 70 heavy (non-hydrogen) atoms. The Hall–Kier alpha value is -5.57. The summed E-state index contributed by atoms with van der Waals surface area (Å²) in [4.78, 5) is 33.2. The van der Waals surface area contributed by atoms with Gasteiger partial charge in [-0.2, -0.15) is 38.2 Å². The van der Waals surface area contributed by atoms with Gasteiger partial charge in [0.2, 0.25) is 17.5 Å². The van der Waals surface area contributed by atoms with E-state index in [2.05, 4.69) is 25.6 Å². The molecule has 2 aliphatic rings. The number of hydrogen-bond donors (Lipinski definition) is 6. The zero-order chi connectivity index (χ0) is 51.7. The molecule has 1 aromatic heterocycles. The molecule has 22 nitrogen and oxygen atoms in total. The summed E-state index contributed by atoms with van der Waals surface area (Å²) in [6.45, 7) is 6.08. The highest BCUT2D eigenvalue weighted by molar-refractivity contribution is 7.86. The van der Waals surface area contributed by atoms with E-state index in [0.29, 0.717) is 71.1 Å². The molecule has 6 N–H and O–H groups in total. The second-order valence-electron chi connectivity index (χ2n) is 17.6. The summed E-state index contributed by atoms with van der Waals surface area (Å²) in [6.07, 6.45) is 9.01. The van der Waals surface area contributed by atoms with E-state index >= 15 is 0 Å². The first kappa shape index (κ1) is 55.4. The van der Waals surface area contributed by atoms with E-state index < -0.39 is 62.8 Å². The van der Waals surface area contributed by atoms with Crippen LogP contribution in [0, 0.1) is 0 Å². The van der Waals surface area contributed by atoms with E-state index in [0.717, 1.165) is 0 Å². The van der Waals surface area contributed by atoms with Crippen LogP contribution in [0.15, 0.2) is 93.6 Å². The van der Waals surface area contributed by atoms with Crippen LogP contribution in [0.1, 0.15) is 95.4 Å². The summed E-state index contributed by atoms with van der Waals surface area (Å²) in [5, 5.41) is 8.86. The van der Waals surface area contributed by atoms with E-state index in [9.17, 15) is 61.5 Å². The highest BCUT2D eigenvalue weighted by atomic mass is 32.2. The molecule has 0 saturated carbocycles. The number of fused-ring (bicyclic) bond motifs is 2. The predicted octanol–water partition coefficient (Wildman–Crippen LogP) is 6.02. The van der Waals surface area contributed by atoms with Crippen molar-refractivity contribution < 1.29 is 66.0 Å². The number of rotatable bonds is 25. The monoisotopic (exact) mass is 1050 g/mol. The van der Waals surface area contributed by atoms with Gasteiger partial charge in [-0.1, -0.05) is 24.0 Å². The zero-order valence-electron chi connectivity index (χ0n) is 38.7. The number of anilines is 2. The van der Waals surface area contributed by atoms with Gasteiger partial charge >= 0.3 is 0 Å². The number of unbranched alkanes of at least 4 members (excludes halogenated alkanes) is 3. The quantitative estimate of drug-likeness (QED) is 0.0141. The lowest BCUT2D eigenvalue weighted by atomic mass is 9.77. The molecule has 1 atom stereocenters. The number of allylic oxidation sites excluding steroid dienone is 4. The number of nitrogens with one attached hydrogen (secondary N) is 2. The fraction of sp³-hybridized carbons (Fsp3) is 0.455. The van der Waals surface area contributed by atoms with Crippen molar-refractivity contribution in [1.82, 2.24) is 10.3 Å². The van der Waals surface area contributed by atoms with E-state index in [-0.39, 0.29) is 79.8 Å². The lowest BCUT2D eigenvalue weighted by Crippen LogP contribution is -2.30. The lowest BCUT2D eigenvalue weighted by Gasteiger charge is -2.30. The molecule has 0 fully saturated rings. The minimum absolute atomic E-state index is 0.00273. The Labute approximate surface area is 407 Å². The van der Waals surface area contributed by atoms with E-state index in [1.54, 1.807) is 41.0 Å². The normalized spacial score (nSPS) is 17.4. The molecule has 380 valence electrons. The molecule has 0 bridgehead atoms. The molecule has 2 aliphatic heterocycles. The number of carbonyl (C=O) groups excluding carboxylic acids is 2. The first-order chi connectivity index (χ1) is 32.6. The highest BCUT2D eigenvalue weighted by Gasteiger charge is 2.46. The molecule has 3 heterocycles. The van der Waals surface area contributed by atoms with Gasteiger partial charge in [-0.3, -0.25) is 32.8 Å². The highest BCUT2D eigenvalue weighted by Crippen LogP contribution is 2.51. The first-order valence-electron chi connectivity index (χ1n) is 22.1. The molecular weight excluding hydrogens is 993 g/mol. The van der Waals surface area contributed by atoms with Gasteiger partial charge in [-0.05, 0) is 106 Å². The summed E-state index contributed by atoms with van der Waals surface area (Å²) in [6, 6.07) is 11.5. The molecule has 0 aliphatic carbocycles. The summed E-state index contributed by atoms with van der Waals surface area (Å²) in [5.41, 5.74) is 10.9. The van der Waals surface area contributed by atoms with Crippen LogP contribution in [-0.4, -0.2) is 110 Å². The van der Waals surface area contributed by atoms with Gasteiger partial charge in [-0.15, -0.1) is 0 Å². The number of amides is 2. The molecule has 3 aromatic rings. The van der Waals surface area contributed by atoms with Gasteiger partial charge in [0, 0.05) is 77.5 Å². The SMILES string of the molecule is CC1(C)C(/C=C/C=C2/N(CCCCCC(=O)NCCC(=O)Nc3ccc(CN=[N+]=[N-])nc3)c3ccc(S(=O)(=O)O)cc3C2(C)CCCCS(=O)(=O)O)=[N+](CCCS(=O)(=O)O)c2ccc(S(=O)(=O)O)cc21. The number of pyridine rings is 1. The average molecular weight is 1050 g/mol. The number of carbonyl (C=O) groups is 2. The first-order valence-corrected chi connectivity index (χ1v) is 28.2. The van der Waals surface area contributed by atoms with Crippen molar-refractivity contribution in [3.8, 4) is 0 Å². The number of hydrogen-bond acceptors (Lipinski definition) is 13. The smallest absolute Gasteiger partial charge is 0.294 e. The second-order valence-corrected chi connectivity index (χ2v) is 23.6. The van der Waals surface area contributed by atoms with Crippen LogP contribution in [0.2, 0.25) is 0 Å². The fourth-order valence-corrected chi connectivity index (χ4v) is 10.8. The maximum absolute atomic E-state index is 12.7. The third-order valence-electron chi connectivity index (χ3n) is 12.2. The van der Waals surface area contributed by atoms with Gasteiger partial charge in [0.15, 0.2) is 5.71 Å². The second kappa shape index (κ2) is 22.7. The number of nitrogens with zero attached hydrogens (tertiary/aromatic N) is 6. The van der Waals surface area contributed by atoms with Crippen molar-refractivity contribution in [2.75, 3.05) is 41.4 Å². The van der Waals surface area contributed by atoms with E-state index in [4.69, 9.17) is 5.53 Å². The van der Waals surface area contributed by atoms with Crippen molar-refractivity contribution in [2.45, 2.75) is 106 Å². The molecular formula is C44H57N8O14S4+. The largest absolute Gasteiger partial charge is 0.356 e. The van der Waals surface area contributed by atoms with Crippen LogP contribution in [0.4, 0.5) is 17.1 Å². The Balaban J connectivity index is 1.39. The van der Waals surface area contributed by atoms with Gasteiger partial charge < -0.3 is 15.5 Å². The van der Waals surface area contributed by atoms with Crippen LogP contribution >= 0.6 is 0 Å². The number of aromatic nitrogens is 1. The minimum Gasteiger partial charge on any atom is -0.356 e. The van der Waals surface area contributed by atoms with Crippen molar-refractivity contribution in [1.29, 1.82) is 0 Å². The molecule has 0 radical (unpaired) electrons. The minimum atomic E-state index is -4.67. The molecule has 5 rings (SSSR count). The topological polar surface area (TPSA) is 344 Å². The summed E-state index contributed by atoms with van der Waals surface area (Å²) < 4.78 is 137. The maximum Gasteiger partial charge on any atom is 0.294 e. The molecule has 1 unspecified atom stereocenters. The van der Waals surface area contributed by atoms with Crippen molar-refractivity contribution in [3.63, 3.8) is 0 Å². The Morgan fingerprint density at radius 1 is 0.800 bits per heavy atom. The van der Waals surface area contributed by atoms with Gasteiger partial charge in [0.25, 0.3) is 40.5 Å². The van der Waals surface area contributed by atoms with Crippen molar-refractivity contribution in [3.05, 3.63) is 106 Å². The Bertz CT molecular complexity index is 3080. The average Bonchev–Trinajstić information content (AvgIpc) is 3.62. The Morgan fingerprint density at radius 3 is 2.09 bits per heavy atom. The number of azide groups is 1. The van der Waals surface area contributed by atoms with Crippen LogP contribution in [0.3, 0.4) is 0 Å². The number of benzene rings is 2. The van der Waals surface area contributed by atoms with Crippen molar-refractivity contribution >= 4 is 75.1 Å². The van der Waals surface area contributed by atoms with Crippen LogP contribution in [0.5, 0.6) is 0 Å². The third-order valence-corrected chi connectivity index (χ3v) is 15.5. The summed E-state index contributed by atoms with van der Waals surface area (Å²) >= 11 is 0. The molecule has 2 aromatic carbocycles. The van der Waals surface area contributed by atoms with Crippen molar-refractivity contribution in [2.24, 2.45) is 5.11 Å². The third kappa shape index (κ3) is 14.7. The fourth-order valence-electron chi connectivity index (χ4n) is 8.71. The van der Waals surface area contributed by atoms with Crippen LogP contribution in [0.25, 0.3) is 10.4 Å². The van der Waals surface area contributed by atoms with Gasteiger partial charge in [0.05, 0.1) is 45.1 Å². The van der Waals surface area contributed by atoms with Gasteiger partial charge in [0.1, 0.15) is 6.54 Å². The standard InChI is InChI=1S/C44H56N8O14S4/c1-43(2)35-27-33(69(61,62)63)16-18-37(35)51(24-10-26-68(58,59)60)39(43)11-9-12-40-44(3,21-6-8-25-67(55,56)57)36-28-34(70(64,65)66)17-19-38(36)52(40)23-7-4-5-13-41(53)46-22-20-42(54)49-32-15-14-31(47-29-32)30-48-50-45/h9,11-12,14-19,27-29H,4-8,10,13,20-26,30H2,1-3H3,(H5-,46,49,53,54,55,56,57,58,59,60,61,62,63,64,65,66)/p+1. The summed E-state index contributed by atoms with van der Waals surface area (Å²) in [7, 11) is -17.9. The molecule has 26 heteroatoms. The van der Waals surface area contributed by atoms with Crippen LogP contribution < -0.4 is 15.5 Å². The zero-order valence-corrected chi connectivity index (χ0v) is 42.0. The van der Waals surface area contributed by atoms with Gasteiger partial charge in [-0.25, -0.2) is 0 Å². The van der Waals surface area contributed by atoms with Crippen LogP contribution in [-0.2, 0) is 67.4 Å². The predicted molar refractivity (Wildman–Crippen MR) is 260 cm³/mol. The molecule has 2 amide bonds. The lowest BCUT2D eigenvalue weighted by molar-refractivity contribution is -0.437. The Kier molecular flexibility index (Phi) is 17.9. The maximum atomic E-state index is 12.7. The van der Waals surface area contributed by atoms with E-state index in [1.807, 2.05) is 25.7 Å². The Morgan fingerprint density at radius 2 is 1.46 bits per heavy atom. The summed E-state index contributed by atoms with van der Waals surface area (Å²) in [5.74, 6) is -1.68. The molecule has 0 spiro atoms.